The molecule has 1 saturated carbocycles. The molecule has 0 atom stereocenters. The van der Waals surface area contributed by atoms with Crippen LogP contribution in [0.5, 0.6) is 0 Å². The molecule has 0 aliphatic heterocycles. The Labute approximate surface area is 104 Å². The van der Waals surface area contributed by atoms with Gasteiger partial charge in [0.15, 0.2) is 0 Å². The standard InChI is InChI=1S/C13H16F2N2O/c14-10-3-2-9(11(15)6-10)7-17-12(18)13(8-16)4-1-5-13/h2-3,6H,1,4-5,7-8,16H2,(H,17,18). The summed E-state index contributed by atoms with van der Waals surface area (Å²) in [6.07, 6.45) is 2.55. The molecule has 0 spiro atoms. The quantitative estimate of drug-likeness (QED) is 0.859. The summed E-state index contributed by atoms with van der Waals surface area (Å²) in [6, 6.07) is 3.32. The van der Waals surface area contributed by atoms with E-state index in [2.05, 4.69) is 5.32 Å². The van der Waals surface area contributed by atoms with E-state index in [0.717, 1.165) is 25.3 Å². The van der Waals surface area contributed by atoms with E-state index in [0.29, 0.717) is 6.54 Å². The average molecular weight is 254 g/mol. The highest BCUT2D eigenvalue weighted by molar-refractivity contribution is 5.83. The first-order valence-electron chi connectivity index (χ1n) is 6.00. The minimum Gasteiger partial charge on any atom is -0.351 e. The number of rotatable bonds is 4. The minimum atomic E-state index is -0.647. The van der Waals surface area contributed by atoms with E-state index < -0.39 is 17.0 Å². The number of benzene rings is 1. The first kappa shape index (κ1) is 13.0. The Hall–Kier alpha value is -1.49. The van der Waals surface area contributed by atoms with Crippen LogP contribution in [0.25, 0.3) is 0 Å². The first-order chi connectivity index (χ1) is 8.57. The van der Waals surface area contributed by atoms with Crippen LogP contribution in [0.2, 0.25) is 0 Å². The number of nitrogens with two attached hydrogens (primary N) is 1. The maximum absolute atomic E-state index is 13.4. The lowest BCUT2D eigenvalue weighted by atomic mass is 9.68. The second-order valence-corrected chi connectivity index (χ2v) is 4.76. The van der Waals surface area contributed by atoms with Gasteiger partial charge in [-0.15, -0.1) is 0 Å². The fourth-order valence-electron chi connectivity index (χ4n) is 2.16. The van der Waals surface area contributed by atoms with Crippen LogP contribution in [0.1, 0.15) is 24.8 Å². The van der Waals surface area contributed by atoms with Crippen LogP contribution in [0.15, 0.2) is 18.2 Å². The number of amides is 1. The molecule has 18 heavy (non-hydrogen) atoms. The monoisotopic (exact) mass is 254 g/mol. The fraction of sp³-hybridized carbons (Fsp3) is 0.462. The molecule has 1 aromatic rings. The largest absolute Gasteiger partial charge is 0.351 e. The van der Waals surface area contributed by atoms with Crippen LogP contribution in [-0.2, 0) is 11.3 Å². The van der Waals surface area contributed by atoms with Gasteiger partial charge in [0.1, 0.15) is 11.6 Å². The van der Waals surface area contributed by atoms with Gasteiger partial charge in [-0.25, -0.2) is 8.78 Å². The predicted octanol–water partition coefficient (Wildman–Crippen LogP) is 1.71. The molecular formula is C13H16F2N2O. The zero-order valence-electron chi connectivity index (χ0n) is 10.0. The van der Waals surface area contributed by atoms with Crippen molar-refractivity contribution in [3.63, 3.8) is 0 Å². The van der Waals surface area contributed by atoms with Gasteiger partial charge >= 0.3 is 0 Å². The molecule has 2 rings (SSSR count). The number of carbonyl (C=O) groups is 1. The van der Waals surface area contributed by atoms with Crippen LogP contribution in [0.4, 0.5) is 8.78 Å². The van der Waals surface area contributed by atoms with Crippen LogP contribution in [0, 0.1) is 17.0 Å². The van der Waals surface area contributed by atoms with Gasteiger partial charge in [-0.05, 0) is 18.9 Å². The molecular weight excluding hydrogens is 238 g/mol. The summed E-state index contributed by atoms with van der Waals surface area (Å²) in [6.45, 7) is 0.372. The summed E-state index contributed by atoms with van der Waals surface area (Å²) in [4.78, 5) is 11.9. The van der Waals surface area contributed by atoms with Gasteiger partial charge in [-0.2, -0.15) is 0 Å². The maximum atomic E-state index is 13.4. The zero-order chi connectivity index (χ0) is 13.2. The van der Waals surface area contributed by atoms with Gasteiger partial charge in [0.2, 0.25) is 5.91 Å². The highest BCUT2D eigenvalue weighted by Crippen LogP contribution is 2.40. The maximum Gasteiger partial charge on any atom is 0.227 e. The number of carbonyl (C=O) groups excluding carboxylic acids is 1. The molecule has 3 N–H and O–H groups in total. The Bertz CT molecular complexity index is 453. The third-order valence-electron chi connectivity index (χ3n) is 3.64. The van der Waals surface area contributed by atoms with E-state index in [9.17, 15) is 13.6 Å². The van der Waals surface area contributed by atoms with E-state index in [1.807, 2.05) is 0 Å². The second kappa shape index (κ2) is 5.02. The zero-order valence-corrected chi connectivity index (χ0v) is 10.0. The van der Waals surface area contributed by atoms with Crippen molar-refractivity contribution in [1.29, 1.82) is 0 Å². The molecule has 1 aromatic carbocycles. The van der Waals surface area contributed by atoms with E-state index >= 15 is 0 Å². The summed E-state index contributed by atoms with van der Waals surface area (Å²) >= 11 is 0. The summed E-state index contributed by atoms with van der Waals surface area (Å²) in [5.74, 6) is -1.41. The molecule has 98 valence electrons. The number of halogens is 2. The minimum absolute atomic E-state index is 0.0622. The molecule has 1 fully saturated rings. The topological polar surface area (TPSA) is 55.1 Å². The summed E-state index contributed by atoms with van der Waals surface area (Å²) in [5.41, 5.74) is 5.40. The van der Waals surface area contributed by atoms with Crippen molar-refractivity contribution < 1.29 is 13.6 Å². The van der Waals surface area contributed by atoms with E-state index in [-0.39, 0.29) is 18.0 Å². The van der Waals surface area contributed by atoms with Gasteiger partial charge in [0, 0.05) is 24.7 Å². The Morgan fingerprint density at radius 2 is 2.11 bits per heavy atom. The Balaban J connectivity index is 1.97. The van der Waals surface area contributed by atoms with Gasteiger partial charge in [-0.1, -0.05) is 12.5 Å². The van der Waals surface area contributed by atoms with Gasteiger partial charge < -0.3 is 11.1 Å². The third-order valence-corrected chi connectivity index (χ3v) is 3.64. The highest BCUT2D eigenvalue weighted by atomic mass is 19.1. The number of hydrogen-bond acceptors (Lipinski definition) is 2. The first-order valence-corrected chi connectivity index (χ1v) is 6.00. The van der Waals surface area contributed by atoms with Crippen LogP contribution >= 0.6 is 0 Å². The number of nitrogens with one attached hydrogen (secondary N) is 1. The molecule has 3 nitrogen and oxygen atoms in total. The van der Waals surface area contributed by atoms with Crippen molar-refractivity contribution in [1.82, 2.24) is 5.32 Å². The summed E-state index contributed by atoms with van der Waals surface area (Å²) < 4.78 is 26.1. The SMILES string of the molecule is NCC1(C(=O)NCc2ccc(F)cc2F)CCC1. The molecule has 1 aliphatic carbocycles. The molecule has 0 radical (unpaired) electrons. The van der Waals surface area contributed by atoms with E-state index in [1.165, 1.54) is 12.1 Å². The predicted molar refractivity (Wildman–Crippen MR) is 63.5 cm³/mol. The van der Waals surface area contributed by atoms with Crippen molar-refractivity contribution in [2.24, 2.45) is 11.1 Å². The molecule has 0 heterocycles. The molecule has 1 aliphatic rings. The van der Waals surface area contributed by atoms with Crippen molar-refractivity contribution >= 4 is 5.91 Å². The van der Waals surface area contributed by atoms with Crippen LogP contribution in [0.3, 0.4) is 0 Å². The van der Waals surface area contributed by atoms with Crippen molar-refractivity contribution in [2.45, 2.75) is 25.8 Å². The molecule has 0 aromatic heterocycles. The number of hydrogen-bond donors (Lipinski definition) is 2. The van der Waals surface area contributed by atoms with E-state index in [1.54, 1.807) is 0 Å². The second-order valence-electron chi connectivity index (χ2n) is 4.76. The lowest BCUT2D eigenvalue weighted by Gasteiger charge is -2.39. The Kier molecular flexibility index (Phi) is 3.61. The molecule has 0 bridgehead atoms. The lowest BCUT2D eigenvalue weighted by Crippen LogP contribution is -2.50. The molecule has 5 heteroatoms. The Morgan fingerprint density at radius 1 is 1.39 bits per heavy atom. The van der Waals surface area contributed by atoms with E-state index in [4.69, 9.17) is 5.73 Å². The molecule has 0 saturated heterocycles. The van der Waals surface area contributed by atoms with Crippen LogP contribution < -0.4 is 11.1 Å². The van der Waals surface area contributed by atoms with Gasteiger partial charge in [0.25, 0.3) is 0 Å². The van der Waals surface area contributed by atoms with Crippen molar-refractivity contribution in [3.05, 3.63) is 35.4 Å². The average Bonchev–Trinajstić information content (AvgIpc) is 2.27. The smallest absolute Gasteiger partial charge is 0.227 e. The van der Waals surface area contributed by atoms with Crippen molar-refractivity contribution in [3.8, 4) is 0 Å². The van der Waals surface area contributed by atoms with Gasteiger partial charge in [0.05, 0.1) is 5.41 Å². The fourth-order valence-corrected chi connectivity index (χ4v) is 2.16. The molecule has 0 unspecified atom stereocenters. The Morgan fingerprint density at radius 3 is 2.61 bits per heavy atom. The van der Waals surface area contributed by atoms with Gasteiger partial charge in [-0.3, -0.25) is 4.79 Å². The lowest BCUT2D eigenvalue weighted by molar-refractivity contribution is -0.135. The van der Waals surface area contributed by atoms with Crippen molar-refractivity contribution in [2.75, 3.05) is 6.54 Å². The summed E-state index contributed by atoms with van der Waals surface area (Å²) in [5, 5.41) is 2.67. The summed E-state index contributed by atoms with van der Waals surface area (Å²) in [7, 11) is 0. The van der Waals surface area contributed by atoms with Crippen LogP contribution in [-0.4, -0.2) is 12.5 Å². The highest BCUT2D eigenvalue weighted by Gasteiger charge is 2.42. The normalized spacial score (nSPS) is 17.1. The third kappa shape index (κ3) is 2.36. The molecule has 1 amide bonds.